The third-order valence-electron chi connectivity index (χ3n) is 14.0. The highest BCUT2D eigenvalue weighted by Gasteiger charge is 2.31. The highest BCUT2D eigenvalue weighted by molar-refractivity contribution is 7.51. The van der Waals surface area contributed by atoms with E-state index in [9.17, 15) is 0 Å². The van der Waals surface area contributed by atoms with Crippen LogP contribution in [0.4, 0.5) is 0 Å². The molecule has 0 amide bonds. The number of nitrogens with zero attached hydrogens (tertiary/aromatic N) is 4. The van der Waals surface area contributed by atoms with E-state index in [0.29, 0.717) is 11.5 Å². The Kier molecular flexibility index (Phi) is 9.99. The Morgan fingerprint density at radius 3 is 0.694 bits per heavy atom. The van der Waals surface area contributed by atoms with Crippen LogP contribution in [0.3, 0.4) is 0 Å². The average molecular weight is 963 g/mol. The minimum Gasteiger partial charge on any atom is -0.435 e. The van der Waals surface area contributed by atoms with Crippen LogP contribution in [0.25, 0.3) is 111 Å². The third-order valence-corrected chi connectivity index (χ3v) is 17.8. The largest absolute Gasteiger partial charge is 0.435 e. The molecule has 72 heavy (non-hydrogen) atoms. The van der Waals surface area contributed by atoms with Gasteiger partial charge in [-0.05, 0) is 83.9 Å². The van der Waals surface area contributed by atoms with Crippen LogP contribution in [0.1, 0.15) is 11.1 Å². The zero-order valence-electron chi connectivity index (χ0n) is 39.0. The second kappa shape index (κ2) is 17.0. The summed E-state index contributed by atoms with van der Waals surface area (Å²) in [6.07, 6.45) is 3.78. The van der Waals surface area contributed by atoms with Crippen LogP contribution in [-0.2, 0) is 0 Å². The van der Waals surface area contributed by atoms with E-state index in [1.165, 1.54) is 43.1 Å². The van der Waals surface area contributed by atoms with Gasteiger partial charge in [0.05, 0.1) is 44.1 Å². The van der Waals surface area contributed by atoms with Gasteiger partial charge >= 0.3 is 16.9 Å². The molecule has 0 fully saturated rings. The lowest BCUT2D eigenvalue weighted by Gasteiger charge is -2.27. The topological polar surface area (TPSA) is 38.2 Å². The van der Waals surface area contributed by atoms with Crippen molar-refractivity contribution >= 4 is 116 Å². The van der Waals surface area contributed by atoms with Crippen LogP contribution < -0.4 is 9.05 Å². The minimum atomic E-state index is -1.71. The SMILES string of the molecule is C=Cc1ccc(-c2ccc(C=C)cc2OP(n2c3ccccc3c3ccccc32)n2c3ccccc3c3ccccc32)c(OP(n2c3ccccc3c3ccccc32)n2c3ccccc3c3ccccc32)c1. The summed E-state index contributed by atoms with van der Waals surface area (Å²) in [7, 11) is -3.43. The van der Waals surface area contributed by atoms with Gasteiger partial charge in [0.1, 0.15) is 11.5 Å². The number of benzene rings is 10. The molecular formula is C64H44N4O2P2. The van der Waals surface area contributed by atoms with Crippen molar-refractivity contribution in [2.24, 2.45) is 0 Å². The fraction of sp³-hybridized carbons (Fsp3) is 0. The number of hydrogen-bond acceptors (Lipinski definition) is 2. The van der Waals surface area contributed by atoms with E-state index in [0.717, 1.165) is 66.4 Å². The van der Waals surface area contributed by atoms with Gasteiger partial charge in [-0.25, -0.2) is 0 Å². The number of aromatic nitrogens is 4. The maximum absolute atomic E-state index is 7.92. The zero-order chi connectivity index (χ0) is 47.9. The summed E-state index contributed by atoms with van der Waals surface area (Å²) in [5.41, 5.74) is 12.4. The van der Waals surface area contributed by atoms with Crippen molar-refractivity contribution in [3.63, 3.8) is 0 Å². The van der Waals surface area contributed by atoms with Crippen LogP contribution in [-0.4, -0.2) is 17.4 Å². The Balaban J connectivity index is 1.03. The van der Waals surface area contributed by atoms with Crippen molar-refractivity contribution in [3.8, 4) is 22.6 Å². The lowest BCUT2D eigenvalue weighted by Crippen LogP contribution is -2.09. The summed E-state index contributed by atoms with van der Waals surface area (Å²) >= 11 is 0. The Labute approximate surface area is 418 Å². The molecule has 0 radical (unpaired) electrons. The zero-order valence-corrected chi connectivity index (χ0v) is 40.8. The van der Waals surface area contributed by atoms with Gasteiger partial charge in [-0.15, -0.1) is 0 Å². The van der Waals surface area contributed by atoms with Gasteiger partial charge in [0.2, 0.25) is 0 Å². The molecular weight excluding hydrogens is 919 g/mol. The normalized spacial score (nSPS) is 12.0. The lowest BCUT2D eigenvalue weighted by atomic mass is 10.00. The standard InChI is InChI=1S/C64H44N4O2P2/c1-3-43-37-39-53(63(41-43)69-71(65-55-29-13-5-21-45(55)46-22-6-14-30-56(46)65)66-57-31-15-7-23-47(57)48-24-8-16-32-58(48)66)54-40-38-44(4-2)42-64(54)70-72(67-59-33-17-9-25-49(59)50-26-10-18-34-60(50)67)68-61-35-19-11-27-51(61)52-28-12-20-36-62(52)68/h3-42H,1-2H2. The molecule has 0 aliphatic rings. The van der Waals surface area contributed by atoms with Gasteiger partial charge in [-0.1, -0.05) is 183 Å². The van der Waals surface area contributed by atoms with Crippen molar-refractivity contribution in [1.29, 1.82) is 0 Å². The molecule has 0 aliphatic carbocycles. The van der Waals surface area contributed by atoms with Gasteiger partial charge in [0.25, 0.3) is 0 Å². The van der Waals surface area contributed by atoms with Crippen LogP contribution >= 0.6 is 16.9 Å². The van der Waals surface area contributed by atoms with E-state index in [4.69, 9.17) is 9.05 Å². The highest BCUT2D eigenvalue weighted by Crippen LogP contribution is 2.57. The van der Waals surface area contributed by atoms with Crippen molar-refractivity contribution in [1.82, 2.24) is 17.4 Å². The molecule has 0 bridgehead atoms. The molecule has 0 saturated heterocycles. The van der Waals surface area contributed by atoms with Crippen LogP contribution in [0.5, 0.6) is 11.5 Å². The average Bonchev–Trinajstić information content (AvgIpc) is 4.17. The summed E-state index contributed by atoms with van der Waals surface area (Å²) < 4.78 is 25.5. The minimum absolute atomic E-state index is 0.705. The molecule has 4 aromatic heterocycles. The second-order valence-electron chi connectivity index (χ2n) is 18.0. The summed E-state index contributed by atoms with van der Waals surface area (Å²) in [5.74, 6) is 1.41. The summed E-state index contributed by atoms with van der Waals surface area (Å²) in [4.78, 5) is 0. The first-order chi connectivity index (χ1) is 35.7. The van der Waals surface area contributed by atoms with Crippen molar-refractivity contribution in [2.45, 2.75) is 0 Å². The molecule has 0 aliphatic heterocycles. The molecule has 14 rings (SSSR count). The van der Waals surface area contributed by atoms with Crippen molar-refractivity contribution in [2.75, 3.05) is 0 Å². The Hall–Kier alpha value is -8.66. The molecule has 0 saturated carbocycles. The number of hydrogen-bond donors (Lipinski definition) is 0. The maximum Gasteiger partial charge on any atom is 0.319 e. The van der Waals surface area contributed by atoms with Crippen molar-refractivity contribution in [3.05, 3.63) is 255 Å². The van der Waals surface area contributed by atoms with E-state index >= 15 is 0 Å². The smallest absolute Gasteiger partial charge is 0.319 e. The van der Waals surface area contributed by atoms with Crippen molar-refractivity contribution < 1.29 is 9.05 Å². The highest BCUT2D eigenvalue weighted by atomic mass is 31.2. The lowest BCUT2D eigenvalue weighted by molar-refractivity contribution is 0.592. The van der Waals surface area contributed by atoms with Gasteiger partial charge in [-0.3, -0.25) is 17.4 Å². The Morgan fingerprint density at radius 1 is 0.278 bits per heavy atom. The molecule has 342 valence electrons. The van der Waals surface area contributed by atoms with E-state index in [-0.39, 0.29) is 0 Å². The molecule has 0 unspecified atom stereocenters. The molecule has 6 nitrogen and oxygen atoms in total. The van der Waals surface area contributed by atoms with Gasteiger partial charge in [0, 0.05) is 54.2 Å². The van der Waals surface area contributed by atoms with Crippen LogP contribution in [0.2, 0.25) is 0 Å². The Bertz CT molecular complexity index is 3770. The molecule has 4 heterocycles. The van der Waals surface area contributed by atoms with Crippen LogP contribution in [0, 0.1) is 0 Å². The Morgan fingerprint density at radius 2 is 0.486 bits per heavy atom. The summed E-state index contributed by atoms with van der Waals surface area (Å²) in [6, 6.07) is 82.3. The number of para-hydroxylation sites is 8. The van der Waals surface area contributed by atoms with Crippen LogP contribution in [0.15, 0.2) is 244 Å². The molecule has 0 N–H and O–H groups in total. The van der Waals surface area contributed by atoms with E-state index in [2.05, 4.69) is 261 Å². The molecule has 0 atom stereocenters. The van der Waals surface area contributed by atoms with E-state index < -0.39 is 16.9 Å². The maximum atomic E-state index is 7.92. The molecule has 14 aromatic rings. The van der Waals surface area contributed by atoms with E-state index in [1.54, 1.807) is 0 Å². The first-order valence-corrected chi connectivity index (χ1v) is 26.4. The third kappa shape index (κ3) is 6.50. The first-order valence-electron chi connectivity index (χ1n) is 24.1. The molecule has 8 heteroatoms. The first kappa shape index (κ1) is 42.2. The second-order valence-corrected chi connectivity index (χ2v) is 21.0. The summed E-state index contributed by atoms with van der Waals surface area (Å²) in [5, 5.41) is 9.36. The van der Waals surface area contributed by atoms with Gasteiger partial charge in [-0.2, -0.15) is 0 Å². The van der Waals surface area contributed by atoms with Gasteiger partial charge < -0.3 is 9.05 Å². The predicted octanol–water partition coefficient (Wildman–Crippen LogP) is 18.5. The monoisotopic (exact) mass is 962 g/mol. The molecule has 10 aromatic carbocycles. The fourth-order valence-corrected chi connectivity index (χ4v) is 15.0. The quantitative estimate of drug-likeness (QED) is 0.121. The predicted molar refractivity (Wildman–Crippen MR) is 307 cm³/mol. The summed E-state index contributed by atoms with van der Waals surface area (Å²) in [6.45, 7) is 8.51. The number of fused-ring (bicyclic) bond motifs is 12. The molecule has 0 spiro atoms. The van der Waals surface area contributed by atoms with Gasteiger partial charge in [0.15, 0.2) is 0 Å². The fourth-order valence-electron chi connectivity index (χ4n) is 10.8. The number of rotatable bonds is 11. The van der Waals surface area contributed by atoms with E-state index in [1.807, 2.05) is 12.2 Å².